The average Bonchev–Trinajstić information content (AvgIpc) is 2.49. The Morgan fingerprint density at radius 1 is 1.17 bits per heavy atom. The van der Waals surface area contributed by atoms with E-state index >= 15 is 0 Å². The first kappa shape index (κ1) is 7.80. The SMILES string of the molecule is OB(O)c1ccc2c(c1)CNC2. The first-order valence-electron chi connectivity index (χ1n) is 3.96. The second kappa shape index (κ2) is 2.90. The highest BCUT2D eigenvalue weighted by atomic mass is 16.4. The van der Waals surface area contributed by atoms with Crippen LogP contribution in [0, 0.1) is 0 Å². The molecule has 0 bridgehead atoms. The molecule has 3 N–H and O–H groups in total. The second-order valence-electron chi connectivity index (χ2n) is 3.01. The predicted octanol–water partition coefficient (Wildman–Crippen LogP) is -1.03. The molecule has 0 aliphatic carbocycles. The zero-order valence-electron chi connectivity index (χ0n) is 6.62. The van der Waals surface area contributed by atoms with Crippen molar-refractivity contribution in [3.05, 3.63) is 29.3 Å². The molecule has 1 aliphatic rings. The summed E-state index contributed by atoms with van der Waals surface area (Å²) >= 11 is 0. The standard InChI is InChI=1S/C8H10BNO2/c11-9(12)8-2-1-6-4-10-5-7(6)3-8/h1-3,10-12H,4-5H2. The highest BCUT2D eigenvalue weighted by Gasteiger charge is 2.15. The van der Waals surface area contributed by atoms with Crippen molar-refractivity contribution in [3.8, 4) is 0 Å². The van der Waals surface area contributed by atoms with Crippen molar-refractivity contribution in [1.29, 1.82) is 0 Å². The Labute approximate surface area is 71.2 Å². The van der Waals surface area contributed by atoms with Gasteiger partial charge in [0.2, 0.25) is 0 Å². The first-order valence-corrected chi connectivity index (χ1v) is 3.96. The Morgan fingerprint density at radius 3 is 2.67 bits per heavy atom. The van der Waals surface area contributed by atoms with E-state index in [1.54, 1.807) is 6.07 Å². The Bertz CT molecular complexity index is 301. The maximum Gasteiger partial charge on any atom is 0.488 e. The topological polar surface area (TPSA) is 52.5 Å². The van der Waals surface area contributed by atoms with Crippen LogP contribution in [-0.2, 0) is 13.1 Å². The Hall–Kier alpha value is -0.835. The molecule has 0 fully saturated rings. The van der Waals surface area contributed by atoms with Gasteiger partial charge in [0.25, 0.3) is 0 Å². The lowest BCUT2D eigenvalue weighted by Crippen LogP contribution is -2.29. The third-order valence-electron chi connectivity index (χ3n) is 2.16. The lowest BCUT2D eigenvalue weighted by molar-refractivity contribution is 0.425. The zero-order valence-corrected chi connectivity index (χ0v) is 6.62. The summed E-state index contributed by atoms with van der Waals surface area (Å²) < 4.78 is 0. The summed E-state index contributed by atoms with van der Waals surface area (Å²) in [6.07, 6.45) is 0. The number of benzene rings is 1. The van der Waals surface area contributed by atoms with Crippen molar-refractivity contribution in [1.82, 2.24) is 5.32 Å². The van der Waals surface area contributed by atoms with E-state index in [2.05, 4.69) is 5.32 Å². The predicted molar refractivity (Wildman–Crippen MR) is 46.8 cm³/mol. The van der Waals surface area contributed by atoms with E-state index in [9.17, 15) is 0 Å². The molecule has 0 saturated carbocycles. The molecule has 62 valence electrons. The Balaban J connectivity index is 2.39. The van der Waals surface area contributed by atoms with E-state index in [4.69, 9.17) is 10.0 Å². The normalized spacial score (nSPS) is 14.5. The van der Waals surface area contributed by atoms with Crippen LogP contribution in [0.15, 0.2) is 18.2 Å². The monoisotopic (exact) mass is 163 g/mol. The Morgan fingerprint density at radius 2 is 1.92 bits per heavy atom. The molecular formula is C8H10BNO2. The van der Waals surface area contributed by atoms with E-state index < -0.39 is 7.12 Å². The molecule has 4 heteroatoms. The number of hydrogen-bond donors (Lipinski definition) is 3. The van der Waals surface area contributed by atoms with Gasteiger partial charge < -0.3 is 15.4 Å². The highest BCUT2D eigenvalue weighted by molar-refractivity contribution is 6.58. The minimum Gasteiger partial charge on any atom is -0.423 e. The third kappa shape index (κ3) is 1.24. The smallest absolute Gasteiger partial charge is 0.423 e. The number of fused-ring (bicyclic) bond motifs is 1. The molecule has 0 unspecified atom stereocenters. The maximum absolute atomic E-state index is 8.89. The van der Waals surface area contributed by atoms with E-state index in [0.29, 0.717) is 5.46 Å². The summed E-state index contributed by atoms with van der Waals surface area (Å²) in [4.78, 5) is 0. The highest BCUT2D eigenvalue weighted by Crippen LogP contribution is 2.12. The molecule has 3 nitrogen and oxygen atoms in total. The molecule has 1 heterocycles. The van der Waals surface area contributed by atoms with E-state index in [0.717, 1.165) is 13.1 Å². The number of nitrogens with one attached hydrogen (secondary N) is 1. The molecule has 12 heavy (non-hydrogen) atoms. The van der Waals surface area contributed by atoms with Gasteiger partial charge in [0.05, 0.1) is 0 Å². The van der Waals surface area contributed by atoms with Crippen molar-refractivity contribution in [2.45, 2.75) is 13.1 Å². The van der Waals surface area contributed by atoms with Gasteiger partial charge in [-0.3, -0.25) is 0 Å². The summed E-state index contributed by atoms with van der Waals surface area (Å²) in [6.45, 7) is 1.72. The van der Waals surface area contributed by atoms with Gasteiger partial charge in [-0.05, 0) is 16.6 Å². The van der Waals surface area contributed by atoms with Crippen LogP contribution in [0.5, 0.6) is 0 Å². The van der Waals surface area contributed by atoms with Crippen LogP contribution in [-0.4, -0.2) is 17.2 Å². The van der Waals surface area contributed by atoms with E-state index in [-0.39, 0.29) is 0 Å². The molecule has 0 saturated heterocycles. The number of rotatable bonds is 1. The van der Waals surface area contributed by atoms with Crippen LogP contribution >= 0.6 is 0 Å². The minimum absolute atomic E-state index is 0.567. The van der Waals surface area contributed by atoms with Gasteiger partial charge in [-0.2, -0.15) is 0 Å². The summed E-state index contributed by atoms with van der Waals surface area (Å²) in [6, 6.07) is 5.51. The summed E-state index contributed by atoms with van der Waals surface area (Å²) in [5, 5.41) is 21.0. The summed E-state index contributed by atoms with van der Waals surface area (Å²) in [5.74, 6) is 0. The van der Waals surface area contributed by atoms with Crippen molar-refractivity contribution in [2.24, 2.45) is 0 Å². The fourth-order valence-electron chi connectivity index (χ4n) is 1.48. The van der Waals surface area contributed by atoms with Crippen molar-refractivity contribution in [3.63, 3.8) is 0 Å². The van der Waals surface area contributed by atoms with Gasteiger partial charge >= 0.3 is 7.12 Å². The van der Waals surface area contributed by atoms with Crippen molar-refractivity contribution in [2.75, 3.05) is 0 Å². The average molecular weight is 163 g/mol. The van der Waals surface area contributed by atoms with Crippen LogP contribution in [0.4, 0.5) is 0 Å². The van der Waals surface area contributed by atoms with Gasteiger partial charge in [0, 0.05) is 13.1 Å². The molecule has 0 atom stereocenters. The number of hydrogen-bond acceptors (Lipinski definition) is 3. The quantitative estimate of drug-likeness (QED) is 0.464. The van der Waals surface area contributed by atoms with E-state index in [1.165, 1.54) is 11.1 Å². The lowest BCUT2D eigenvalue weighted by atomic mass is 9.79. The fraction of sp³-hybridized carbons (Fsp3) is 0.250. The van der Waals surface area contributed by atoms with Crippen molar-refractivity contribution < 1.29 is 10.0 Å². The molecule has 0 aromatic heterocycles. The molecule has 0 spiro atoms. The van der Waals surface area contributed by atoms with E-state index in [1.807, 2.05) is 12.1 Å². The van der Waals surface area contributed by atoms with Gasteiger partial charge in [0.15, 0.2) is 0 Å². The zero-order chi connectivity index (χ0) is 8.55. The van der Waals surface area contributed by atoms with Gasteiger partial charge in [-0.15, -0.1) is 0 Å². The van der Waals surface area contributed by atoms with Gasteiger partial charge in [0.1, 0.15) is 0 Å². The van der Waals surface area contributed by atoms with Gasteiger partial charge in [-0.1, -0.05) is 18.2 Å². The summed E-state index contributed by atoms with van der Waals surface area (Å²) in [7, 11) is -1.35. The molecule has 2 rings (SSSR count). The molecule has 1 aromatic rings. The van der Waals surface area contributed by atoms with Crippen molar-refractivity contribution >= 4 is 12.6 Å². The fourth-order valence-corrected chi connectivity index (χ4v) is 1.48. The summed E-state index contributed by atoms with van der Waals surface area (Å²) in [5.41, 5.74) is 2.98. The molecule has 1 aliphatic heterocycles. The third-order valence-corrected chi connectivity index (χ3v) is 2.16. The molecular weight excluding hydrogens is 153 g/mol. The lowest BCUT2D eigenvalue weighted by Gasteiger charge is -2.01. The molecule has 1 aromatic carbocycles. The van der Waals surface area contributed by atoms with Crippen LogP contribution in [0.2, 0.25) is 0 Å². The largest absolute Gasteiger partial charge is 0.488 e. The van der Waals surface area contributed by atoms with Crippen LogP contribution in [0.3, 0.4) is 0 Å². The second-order valence-corrected chi connectivity index (χ2v) is 3.01. The van der Waals surface area contributed by atoms with Crippen LogP contribution in [0.25, 0.3) is 0 Å². The first-order chi connectivity index (χ1) is 5.77. The Kier molecular flexibility index (Phi) is 1.88. The minimum atomic E-state index is -1.35. The molecule has 0 radical (unpaired) electrons. The maximum atomic E-state index is 8.89. The molecule has 0 amide bonds. The van der Waals surface area contributed by atoms with Crippen LogP contribution in [0.1, 0.15) is 11.1 Å². The van der Waals surface area contributed by atoms with Crippen LogP contribution < -0.4 is 10.8 Å². The van der Waals surface area contributed by atoms with Gasteiger partial charge in [-0.25, -0.2) is 0 Å².